The normalized spacial score (nSPS) is 24.5. The zero-order valence-corrected chi connectivity index (χ0v) is 12.1. The van der Waals surface area contributed by atoms with Gasteiger partial charge in [0.15, 0.2) is 0 Å². The van der Waals surface area contributed by atoms with E-state index in [0.717, 1.165) is 0 Å². The van der Waals surface area contributed by atoms with Crippen molar-refractivity contribution in [2.24, 2.45) is 5.41 Å². The predicted molar refractivity (Wildman–Crippen MR) is 72.5 cm³/mol. The van der Waals surface area contributed by atoms with Crippen LogP contribution in [0.15, 0.2) is 36.2 Å². The first kappa shape index (κ1) is 14.5. The molecule has 1 aromatic rings. The molecule has 0 N–H and O–H groups in total. The number of esters is 1. The third-order valence-corrected chi connectivity index (χ3v) is 2.94. The van der Waals surface area contributed by atoms with Crippen molar-refractivity contribution in [1.82, 2.24) is 4.98 Å². The molecule has 1 aliphatic heterocycles. The second-order valence-corrected chi connectivity index (χ2v) is 5.66. The van der Waals surface area contributed by atoms with E-state index >= 15 is 0 Å². The van der Waals surface area contributed by atoms with E-state index in [9.17, 15) is 4.79 Å². The highest BCUT2D eigenvalue weighted by Crippen LogP contribution is 2.40. The quantitative estimate of drug-likeness (QED) is 0.614. The molecule has 0 saturated carbocycles. The van der Waals surface area contributed by atoms with Crippen LogP contribution in [0.1, 0.15) is 32.8 Å². The second-order valence-electron chi connectivity index (χ2n) is 5.66. The van der Waals surface area contributed by atoms with E-state index in [1.54, 1.807) is 6.20 Å². The van der Waals surface area contributed by atoms with Crippen molar-refractivity contribution < 1.29 is 19.0 Å². The Kier molecular flexibility index (Phi) is 4.09. The highest BCUT2D eigenvalue weighted by atomic mass is 16.7. The van der Waals surface area contributed by atoms with Gasteiger partial charge >= 0.3 is 5.97 Å². The number of nitrogens with zero attached hydrogens (tertiary/aromatic N) is 1. The Morgan fingerprint density at radius 3 is 2.70 bits per heavy atom. The number of ether oxygens (including phenoxy) is 3. The molecule has 5 nitrogen and oxygen atoms in total. The summed E-state index contributed by atoms with van der Waals surface area (Å²) in [6.07, 6.45) is 2.08. The topological polar surface area (TPSA) is 57.7 Å². The molecule has 20 heavy (non-hydrogen) atoms. The number of aromatic nitrogens is 1. The number of carbonyl (C=O) groups is 1. The summed E-state index contributed by atoms with van der Waals surface area (Å²) < 4.78 is 16.3. The van der Waals surface area contributed by atoms with Crippen LogP contribution < -0.4 is 0 Å². The zero-order chi connectivity index (χ0) is 14.8. The molecule has 5 heteroatoms. The van der Waals surface area contributed by atoms with Crippen LogP contribution in [-0.2, 0) is 19.0 Å². The summed E-state index contributed by atoms with van der Waals surface area (Å²) in [6.45, 7) is 6.06. The van der Waals surface area contributed by atoms with E-state index in [4.69, 9.17) is 9.47 Å². The first-order chi connectivity index (χ1) is 9.41. The molecule has 1 aliphatic rings. The molecule has 0 aliphatic carbocycles. The predicted octanol–water partition coefficient (Wildman–Crippen LogP) is 2.60. The lowest BCUT2D eigenvalue weighted by atomic mass is 9.88. The van der Waals surface area contributed by atoms with Gasteiger partial charge in [0.25, 0.3) is 0 Å². The van der Waals surface area contributed by atoms with Crippen molar-refractivity contribution in [2.45, 2.75) is 33.2 Å². The van der Waals surface area contributed by atoms with Crippen molar-refractivity contribution in [3.63, 3.8) is 0 Å². The molecule has 1 saturated heterocycles. The first-order valence-electron chi connectivity index (χ1n) is 6.44. The van der Waals surface area contributed by atoms with Crippen LogP contribution >= 0.6 is 0 Å². The second kappa shape index (κ2) is 5.63. The van der Waals surface area contributed by atoms with E-state index in [1.165, 1.54) is 13.2 Å². The molecule has 0 aromatic carbocycles. The molecule has 2 unspecified atom stereocenters. The lowest BCUT2D eigenvalue weighted by Crippen LogP contribution is -2.27. The fourth-order valence-corrected chi connectivity index (χ4v) is 1.96. The first-order valence-corrected chi connectivity index (χ1v) is 6.44. The maximum Gasteiger partial charge on any atom is 0.333 e. The van der Waals surface area contributed by atoms with Crippen LogP contribution in [0.5, 0.6) is 0 Å². The lowest BCUT2D eigenvalue weighted by molar-refractivity contribution is -0.135. The van der Waals surface area contributed by atoms with Gasteiger partial charge in [-0.25, -0.2) is 4.79 Å². The number of carbonyl (C=O) groups excluding carboxylic acids is 1. The summed E-state index contributed by atoms with van der Waals surface area (Å²) in [6, 6.07) is 5.51. The van der Waals surface area contributed by atoms with Crippen molar-refractivity contribution >= 4 is 5.97 Å². The monoisotopic (exact) mass is 277 g/mol. The number of pyridine rings is 1. The van der Waals surface area contributed by atoms with Gasteiger partial charge in [0.1, 0.15) is 17.6 Å². The summed E-state index contributed by atoms with van der Waals surface area (Å²) in [5.74, 6) is 0.0134. The number of rotatable bonds is 2. The zero-order valence-electron chi connectivity index (χ0n) is 12.1. The Balaban J connectivity index is 2.27. The minimum atomic E-state index is -0.601. The van der Waals surface area contributed by atoms with E-state index in [0.29, 0.717) is 11.5 Å². The van der Waals surface area contributed by atoms with Gasteiger partial charge in [0.2, 0.25) is 6.29 Å². The summed E-state index contributed by atoms with van der Waals surface area (Å²) in [5, 5.41) is 0. The van der Waals surface area contributed by atoms with Gasteiger partial charge in [-0.3, -0.25) is 4.98 Å². The maximum atomic E-state index is 11.4. The van der Waals surface area contributed by atoms with Gasteiger partial charge in [-0.15, -0.1) is 0 Å². The molecule has 2 heterocycles. The fraction of sp³-hybridized carbons (Fsp3) is 0.467. The number of hydrogen-bond donors (Lipinski definition) is 0. The standard InChI is InChI=1S/C15H19NO4/c1-15(2,3)13-11(9-12(17)18-4)19-14(20-13)10-7-5-6-8-16-10/h5-9,13-14H,1-4H3/b11-9-. The van der Waals surface area contributed by atoms with Crippen LogP contribution in [0.2, 0.25) is 0 Å². The summed E-state index contributed by atoms with van der Waals surface area (Å²) in [4.78, 5) is 15.7. The Hall–Kier alpha value is -1.88. The Morgan fingerprint density at radius 1 is 1.40 bits per heavy atom. The lowest BCUT2D eigenvalue weighted by Gasteiger charge is -2.24. The molecular formula is C15H19NO4. The smallest absolute Gasteiger partial charge is 0.333 e. The Morgan fingerprint density at radius 2 is 2.15 bits per heavy atom. The molecule has 0 amide bonds. The maximum absolute atomic E-state index is 11.4. The molecular weight excluding hydrogens is 258 g/mol. The third kappa shape index (κ3) is 3.17. The van der Waals surface area contributed by atoms with Crippen LogP contribution in [0, 0.1) is 5.41 Å². The molecule has 1 aromatic heterocycles. The molecule has 2 atom stereocenters. The highest BCUT2D eigenvalue weighted by Gasteiger charge is 2.41. The average molecular weight is 277 g/mol. The highest BCUT2D eigenvalue weighted by molar-refractivity contribution is 5.82. The van der Waals surface area contributed by atoms with Gasteiger partial charge in [-0.1, -0.05) is 26.8 Å². The van der Waals surface area contributed by atoms with Crippen LogP contribution in [0.3, 0.4) is 0 Å². The van der Waals surface area contributed by atoms with Crippen molar-refractivity contribution in [2.75, 3.05) is 7.11 Å². The van der Waals surface area contributed by atoms with Crippen molar-refractivity contribution in [3.8, 4) is 0 Å². The molecule has 2 rings (SSSR count). The third-order valence-electron chi connectivity index (χ3n) is 2.94. The Bertz CT molecular complexity index is 504. The van der Waals surface area contributed by atoms with E-state index in [1.807, 2.05) is 39.0 Å². The summed E-state index contributed by atoms with van der Waals surface area (Å²) in [7, 11) is 1.33. The van der Waals surface area contributed by atoms with Crippen LogP contribution in [0.25, 0.3) is 0 Å². The summed E-state index contributed by atoms with van der Waals surface area (Å²) in [5.41, 5.74) is 0.471. The minimum Gasteiger partial charge on any atom is -0.466 e. The number of methoxy groups -OCH3 is 1. The summed E-state index contributed by atoms with van der Waals surface area (Å²) >= 11 is 0. The number of hydrogen-bond acceptors (Lipinski definition) is 5. The Labute approximate surface area is 118 Å². The van der Waals surface area contributed by atoms with Crippen LogP contribution in [-0.4, -0.2) is 24.2 Å². The molecule has 0 bridgehead atoms. The van der Waals surface area contributed by atoms with Gasteiger partial charge < -0.3 is 14.2 Å². The molecule has 108 valence electrons. The minimum absolute atomic E-state index is 0.205. The van der Waals surface area contributed by atoms with E-state index in [-0.39, 0.29) is 11.5 Å². The molecule has 1 fully saturated rings. The fourth-order valence-electron chi connectivity index (χ4n) is 1.96. The largest absolute Gasteiger partial charge is 0.466 e. The van der Waals surface area contributed by atoms with E-state index < -0.39 is 12.3 Å². The van der Waals surface area contributed by atoms with E-state index in [2.05, 4.69) is 9.72 Å². The van der Waals surface area contributed by atoms with Gasteiger partial charge in [0, 0.05) is 6.20 Å². The molecule has 0 spiro atoms. The van der Waals surface area contributed by atoms with Crippen molar-refractivity contribution in [3.05, 3.63) is 41.9 Å². The van der Waals surface area contributed by atoms with Gasteiger partial charge in [-0.05, 0) is 17.5 Å². The molecule has 0 radical (unpaired) electrons. The van der Waals surface area contributed by atoms with Gasteiger partial charge in [-0.2, -0.15) is 0 Å². The van der Waals surface area contributed by atoms with Gasteiger partial charge in [0.05, 0.1) is 13.2 Å². The average Bonchev–Trinajstić information content (AvgIpc) is 2.83. The van der Waals surface area contributed by atoms with Crippen LogP contribution in [0.4, 0.5) is 0 Å². The van der Waals surface area contributed by atoms with Crippen molar-refractivity contribution in [1.29, 1.82) is 0 Å². The SMILES string of the molecule is COC(=O)/C=C1\OC(c2ccccn2)OC1C(C)(C)C.